The van der Waals surface area contributed by atoms with E-state index >= 15 is 0 Å². The van der Waals surface area contributed by atoms with Gasteiger partial charge in [0.15, 0.2) is 0 Å². The highest BCUT2D eigenvalue weighted by Crippen LogP contribution is 2.31. The maximum atomic E-state index is 12.5. The van der Waals surface area contributed by atoms with E-state index in [2.05, 4.69) is 29.6 Å². The second-order valence-corrected chi connectivity index (χ2v) is 7.00. The normalized spacial score (nSPS) is 19.4. The Bertz CT molecular complexity index is 702. The van der Waals surface area contributed by atoms with Crippen LogP contribution < -0.4 is 11.1 Å². The average molecular weight is 352 g/mol. The fourth-order valence-electron chi connectivity index (χ4n) is 3.70. The number of ether oxygens (including phenoxy) is 1. The molecular weight excluding hydrogens is 324 g/mol. The Labute approximate surface area is 155 Å². The molecule has 1 aliphatic carbocycles. The van der Waals surface area contributed by atoms with Crippen LogP contribution >= 0.6 is 0 Å². The van der Waals surface area contributed by atoms with Gasteiger partial charge in [-0.1, -0.05) is 61.0 Å². The van der Waals surface area contributed by atoms with E-state index < -0.39 is 0 Å². The van der Waals surface area contributed by atoms with Crippen molar-refractivity contribution in [3.8, 4) is 0 Å². The number of carbonyl (C=O) groups is 1. The first-order chi connectivity index (χ1) is 12.8. The van der Waals surface area contributed by atoms with Gasteiger partial charge in [0.1, 0.15) is 0 Å². The molecule has 4 heteroatoms. The van der Waals surface area contributed by atoms with Gasteiger partial charge in [-0.2, -0.15) is 0 Å². The molecule has 0 unspecified atom stereocenters. The summed E-state index contributed by atoms with van der Waals surface area (Å²) in [6.45, 7) is 2.26. The van der Waals surface area contributed by atoms with E-state index in [9.17, 15) is 4.79 Å². The maximum absolute atomic E-state index is 12.5. The molecule has 4 nitrogen and oxygen atoms in total. The quantitative estimate of drug-likeness (QED) is 0.765. The first-order valence-electron chi connectivity index (χ1n) is 9.44. The number of carbonyl (C=O) groups excluding carboxylic acids is 1. The van der Waals surface area contributed by atoms with E-state index in [1.54, 1.807) is 0 Å². The van der Waals surface area contributed by atoms with E-state index in [1.165, 1.54) is 0 Å². The zero-order valence-corrected chi connectivity index (χ0v) is 15.2. The highest BCUT2D eigenvalue weighted by molar-refractivity contribution is 5.79. The van der Waals surface area contributed by atoms with Gasteiger partial charge in [0, 0.05) is 12.5 Å². The average Bonchev–Trinajstić information content (AvgIpc) is 3.17. The molecule has 0 radical (unpaired) electrons. The van der Waals surface area contributed by atoms with Crippen molar-refractivity contribution in [3.63, 3.8) is 0 Å². The van der Waals surface area contributed by atoms with Crippen LogP contribution in [0.25, 0.3) is 0 Å². The monoisotopic (exact) mass is 352 g/mol. The lowest BCUT2D eigenvalue weighted by molar-refractivity contribution is -0.126. The number of hydrogen-bond acceptors (Lipinski definition) is 3. The molecule has 3 N–H and O–H groups in total. The molecule has 2 atom stereocenters. The van der Waals surface area contributed by atoms with Gasteiger partial charge in [-0.15, -0.1) is 0 Å². The minimum absolute atomic E-state index is 0.0708. The van der Waals surface area contributed by atoms with Gasteiger partial charge < -0.3 is 15.8 Å². The van der Waals surface area contributed by atoms with Crippen molar-refractivity contribution in [1.82, 2.24) is 5.32 Å². The van der Waals surface area contributed by atoms with Gasteiger partial charge in [-0.25, -0.2) is 0 Å². The van der Waals surface area contributed by atoms with Crippen LogP contribution in [-0.4, -0.2) is 12.5 Å². The minimum Gasteiger partial charge on any atom is -0.372 e. The number of hydrogen-bond donors (Lipinski definition) is 2. The first-order valence-corrected chi connectivity index (χ1v) is 9.44. The zero-order valence-electron chi connectivity index (χ0n) is 15.2. The summed E-state index contributed by atoms with van der Waals surface area (Å²) in [6, 6.07) is 18.3. The molecule has 1 saturated carbocycles. The lowest BCUT2D eigenvalue weighted by Gasteiger charge is -2.18. The summed E-state index contributed by atoms with van der Waals surface area (Å²) >= 11 is 0. The zero-order chi connectivity index (χ0) is 18.2. The molecule has 1 aliphatic rings. The highest BCUT2D eigenvalue weighted by atomic mass is 16.5. The van der Waals surface area contributed by atoms with Crippen LogP contribution in [0.2, 0.25) is 0 Å². The Hall–Kier alpha value is -2.17. The molecule has 138 valence electrons. The second kappa shape index (κ2) is 9.51. The number of benzene rings is 2. The van der Waals surface area contributed by atoms with E-state index in [0.717, 1.165) is 36.0 Å². The third kappa shape index (κ3) is 4.93. The summed E-state index contributed by atoms with van der Waals surface area (Å²) in [7, 11) is 0. The summed E-state index contributed by atoms with van der Waals surface area (Å²) in [4.78, 5) is 12.5. The van der Waals surface area contributed by atoms with Gasteiger partial charge >= 0.3 is 0 Å². The minimum atomic E-state index is 0.0708. The Morgan fingerprint density at radius 2 is 1.73 bits per heavy atom. The maximum Gasteiger partial charge on any atom is 0.223 e. The predicted molar refractivity (Wildman–Crippen MR) is 103 cm³/mol. The number of amides is 1. The van der Waals surface area contributed by atoms with Crippen molar-refractivity contribution in [3.05, 3.63) is 71.3 Å². The Balaban J connectivity index is 1.52. The third-order valence-electron chi connectivity index (χ3n) is 5.24. The van der Waals surface area contributed by atoms with Crippen LogP contribution in [0.1, 0.15) is 36.0 Å². The number of nitrogens with one attached hydrogen (secondary N) is 1. The molecule has 0 heterocycles. The van der Waals surface area contributed by atoms with Crippen molar-refractivity contribution in [2.24, 2.45) is 17.6 Å². The molecule has 1 fully saturated rings. The Morgan fingerprint density at radius 1 is 1.00 bits per heavy atom. The number of nitrogens with two attached hydrogens (primary N) is 1. The lowest BCUT2D eigenvalue weighted by Crippen LogP contribution is -2.34. The van der Waals surface area contributed by atoms with E-state index in [-0.39, 0.29) is 11.8 Å². The summed E-state index contributed by atoms with van der Waals surface area (Å²) in [5.74, 6) is 0.541. The van der Waals surface area contributed by atoms with Crippen molar-refractivity contribution >= 4 is 5.91 Å². The van der Waals surface area contributed by atoms with Crippen LogP contribution in [0.3, 0.4) is 0 Å². The molecule has 0 saturated heterocycles. The SMILES string of the molecule is NC[C@H]1CCC[C@H]1C(=O)NCc1ccccc1COCc1ccccc1. The fraction of sp³-hybridized carbons (Fsp3) is 0.409. The van der Waals surface area contributed by atoms with Gasteiger partial charge in [-0.05, 0) is 42.0 Å². The van der Waals surface area contributed by atoms with Crippen LogP contribution in [0.15, 0.2) is 54.6 Å². The molecule has 26 heavy (non-hydrogen) atoms. The molecule has 2 aromatic rings. The molecule has 1 amide bonds. The topological polar surface area (TPSA) is 64.4 Å². The van der Waals surface area contributed by atoms with Crippen molar-refractivity contribution in [2.45, 2.75) is 39.0 Å². The van der Waals surface area contributed by atoms with Crippen LogP contribution in [0, 0.1) is 11.8 Å². The Morgan fingerprint density at radius 3 is 2.50 bits per heavy atom. The van der Waals surface area contributed by atoms with Crippen LogP contribution in [0.4, 0.5) is 0 Å². The fourth-order valence-corrected chi connectivity index (χ4v) is 3.70. The van der Waals surface area contributed by atoms with Gasteiger partial charge in [-0.3, -0.25) is 4.79 Å². The van der Waals surface area contributed by atoms with Crippen molar-refractivity contribution < 1.29 is 9.53 Å². The lowest BCUT2D eigenvalue weighted by atomic mass is 9.95. The van der Waals surface area contributed by atoms with E-state index in [1.807, 2.05) is 30.3 Å². The standard InChI is InChI=1S/C22H28N2O2/c23-13-18-11-6-12-21(18)22(25)24-14-19-9-4-5-10-20(19)16-26-15-17-7-2-1-3-8-17/h1-5,7-10,18,21H,6,11-16,23H2,(H,24,25)/t18-,21-/m1/s1. The highest BCUT2D eigenvalue weighted by Gasteiger charge is 2.31. The third-order valence-corrected chi connectivity index (χ3v) is 5.24. The van der Waals surface area contributed by atoms with Crippen LogP contribution in [-0.2, 0) is 29.3 Å². The summed E-state index contributed by atoms with van der Waals surface area (Å²) in [6.07, 6.45) is 3.12. The molecule has 2 aromatic carbocycles. The largest absolute Gasteiger partial charge is 0.372 e. The Kier molecular flexibility index (Phi) is 6.81. The summed E-state index contributed by atoms with van der Waals surface area (Å²) < 4.78 is 5.86. The van der Waals surface area contributed by atoms with Crippen LogP contribution in [0.5, 0.6) is 0 Å². The van der Waals surface area contributed by atoms with Gasteiger partial charge in [0.2, 0.25) is 5.91 Å². The number of rotatable bonds is 8. The van der Waals surface area contributed by atoms with E-state index in [4.69, 9.17) is 10.5 Å². The second-order valence-electron chi connectivity index (χ2n) is 7.00. The predicted octanol–water partition coefficient (Wildman–Crippen LogP) is 3.39. The van der Waals surface area contributed by atoms with Crippen molar-refractivity contribution in [1.29, 1.82) is 0 Å². The molecule has 0 aromatic heterocycles. The molecular formula is C22H28N2O2. The van der Waals surface area contributed by atoms with E-state index in [0.29, 0.717) is 32.2 Å². The first kappa shape index (κ1) is 18.6. The smallest absolute Gasteiger partial charge is 0.223 e. The summed E-state index contributed by atoms with van der Waals surface area (Å²) in [5.41, 5.74) is 9.18. The van der Waals surface area contributed by atoms with Crippen molar-refractivity contribution in [2.75, 3.05) is 6.54 Å². The molecule has 0 bridgehead atoms. The molecule has 3 rings (SSSR count). The van der Waals surface area contributed by atoms with Gasteiger partial charge in [0.05, 0.1) is 13.2 Å². The molecule has 0 spiro atoms. The summed E-state index contributed by atoms with van der Waals surface area (Å²) in [5, 5.41) is 3.10. The molecule has 0 aliphatic heterocycles. The van der Waals surface area contributed by atoms with Gasteiger partial charge in [0.25, 0.3) is 0 Å².